The Morgan fingerprint density at radius 1 is 0.824 bits per heavy atom. The van der Waals surface area contributed by atoms with Gasteiger partial charge in [-0.25, -0.2) is 0 Å². The minimum absolute atomic E-state index is 1.01. The topological polar surface area (TPSA) is 0 Å². The SMILES string of the molecule is Sc1ccc(C2=CSC(=C3SC=CS3)S2)cc1. The van der Waals surface area contributed by atoms with Gasteiger partial charge in [0.15, 0.2) is 0 Å². The molecule has 5 heteroatoms. The van der Waals surface area contributed by atoms with E-state index in [1.165, 1.54) is 18.9 Å². The second-order valence-corrected chi connectivity index (χ2v) is 8.13. The van der Waals surface area contributed by atoms with Gasteiger partial charge in [-0.1, -0.05) is 59.2 Å². The van der Waals surface area contributed by atoms with Crippen LogP contribution in [0, 0.1) is 0 Å². The van der Waals surface area contributed by atoms with Crippen LogP contribution in [0.2, 0.25) is 0 Å². The minimum Gasteiger partial charge on any atom is -0.143 e. The highest BCUT2D eigenvalue weighted by molar-refractivity contribution is 8.35. The number of benzene rings is 1. The van der Waals surface area contributed by atoms with E-state index in [1.807, 2.05) is 59.2 Å². The highest BCUT2D eigenvalue weighted by Gasteiger charge is 2.19. The van der Waals surface area contributed by atoms with Crippen molar-refractivity contribution in [3.63, 3.8) is 0 Å². The zero-order valence-corrected chi connectivity index (χ0v) is 12.8. The van der Waals surface area contributed by atoms with Crippen molar-refractivity contribution in [3.05, 3.63) is 54.5 Å². The van der Waals surface area contributed by atoms with Gasteiger partial charge in [0.1, 0.15) is 0 Å². The molecule has 0 radical (unpaired) electrons. The molecule has 0 aliphatic carbocycles. The Kier molecular flexibility index (Phi) is 3.92. The van der Waals surface area contributed by atoms with Crippen LogP contribution < -0.4 is 0 Å². The monoisotopic (exact) mass is 312 g/mol. The lowest BCUT2D eigenvalue weighted by atomic mass is 10.2. The zero-order valence-electron chi connectivity index (χ0n) is 8.62. The van der Waals surface area contributed by atoms with Crippen LogP contribution >= 0.6 is 59.7 Å². The summed E-state index contributed by atoms with van der Waals surface area (Å²) in [5, 5.41) is 6.52. The first-order valence-electron chi connectivity index (χ1n) is 4.89. The molecule has 0 saturated carbocycles. The first kappa shape index (κ1) is 12.2. The molecule has 1 aromatic carbocycles. The van der Waals surface area contributed by atoms with Crippen LogP contribution in [-0.4, -0.2) is 0 Å². The molecule has 86 valence electrons. The Labute approximate surface area is 123 Å². The lowest BCUT2D eigenvalue weighted by molar-refractivity contribution is 1.46. The Morgan fingerprint density at radius 2 is 1.53 bits per heavy atom. The number of thiol groups is 1. The fraction of sp³-hybridized carbons (Fsp3) is 0. The maximum atomic E-state index is 4.31. The van der Waals surface area contributed by atoms with Crippen LogP contribution in [0.5, 0.6) is 0 Å². The molecule has 0 amide bonds. The Bertz CT molecular complexity index is 514. The molecule has 0 fully saturated rings. The van der Waals surface area contributed by atoms with Crippen molar-refractivity contribution >= 4 is 64.6 Å². The smallest absolute Gasteiger partial charge is 0.0700 e. The quantitative estimate of drug-likeness (QED) is 0.647. The number of rotatable bonds is 1. The van der Waals surface area contributed by atoms with Crippen molar-refractivity contribution in [1.29, 1.82) is 0 Å². The molecular formula is C12H8S5. The van der Waals surface area contributed by atoms with E-state index in [1.54, 1.807) is 0 Å². The summed E-state index contributed by atoms with van der Waals surface area (Å²) in [6.07, 6.45) is 0. The molecule has 17 heavy (non-hydrogen) atoms. The summed E-state index contributed by atoms with van der Waals surface area (Å²) in [4.78, 5) is 2.34. The van der Waals surface area contributed by atoms with Gasteiger partial charge >= 0.3 is 0 Å². The lowest BCUT2D eigenvalue weighted by Gasteiger charge is -2.03. The summed E-state index contributed by atoms with van der Waals surface area (Å²) in [6.45, 7) is 0. The van der Waals surface area contributed by atoms with E-state index in [0.29, 0.717) is 0 Å². The molecule has 2 aliphatic heterocycles. The third-order valence-electron chi connectivity index (χ3n) is 2.20. The molecule has 0 unspecified atom stereocenters. The molecule has 0 N–H and O–H groups in total. The van der Waals surface area contributed by atoms with Gasteiger partial charge in [-0.05, 0) is 33.9 Å². The van der Waals surface area contributed by atoms with Gasteiger partial charge in [-0.3, -0.25) is 0 Å². The maximum Gasteiger partial charge on any atom is 0.0700 e. The number of hydrogen-bond acceptors (Lipinski definition) is 5. The van der Waals surface area contributed by atoms with Gasteiger partial charge in [0.05, 0.1) is 8.47 Å². The van der Waals surface area contributed by atoms with Crippen LogP contribution in [-0.2, 0) is 0 Å². The van der Waals surface area contributed by atoms with E-state index >= 15 is 0 Å². The molecule has 0 saturated heterocycles. The van der Waals surface area contributed by atoms with E-state index < -0.39 is 0 Å². The van der Waals surface area contributed by atoms with Crippen molar-refractivity contribution in [2.24, 2.45) is 0 Å². The van der Waals surface area contributed by atoms with Crippen LogP contribution in [0.15, 0.2) is 53.9 Å². The van der Waals surface area contributed by atoms with Crippen LogP contribution in [0.4, 0.5) is 0 Å². The van der Waals surface area contributed by atoms with E-state index in [-0.39, 0.29) is 0 Å². The second-order valence-electron chi connectivity index (χ2n) is 3.33. The third-order valence-corrected chi connectivity index (χ3v) is 7.57. The predicted octanol–water partition coefficient (Wildman–Crippen LogP) is 5.83. The number of thioether (sulfide) groups is 4. The summed E-state index contributed by atoms with van der Waals surface area (Å²) in [5.74, 6) is 0. The van der Waals surface area contributed by atoms with E-state index in [0.717, 1.165) is 4.90 Å². The zero-order chi connectivity index (χ0) is 11.7. The molecule has 2 aliphatic rings. The Morgan fingerprint density at radius 3 is 2.24 bits per heavy atom. The Balaban J connectivity index is 1.79. The van der Waals surface area contributed by atoms with Crippen molar-refractivity contribution in [2.75, 3.05) is 0 Å². The maximum absolute atomic E-state index is 4.31. The van der Waals surface area contributed by atoms with Crippen molar-refractivity contribution in [1.82, 2.24) is 0 Å². The summed E-state index contributed by atoms with van der Waals surface area (Å²) in [5.41, 5.74) is 1.27. The largest absolute Gasteiger partial charge is 0.143 e. The van der Waals surface area contributed by atoms with Crippen molar-refractivity contribution in [2.45, 2.75) is 4.90 Å². The van der Waals surface area contributed by atoms with Crippen LogP contribution in [0.3, 0.4) is 0 Å². The van der Waals surface area contributed by atoms with Gasteiger partial charge in [-0.2, -0.15) is 0 Å². The summed E-state index contributed by atoms with van der Waals surface area (Å²) < 4.78 is 2.80. The van der Waals surface area contributed by atoms with Gasteiger partial charge < -0.3 is 0 Å². The van der Waals surface area contributed by atoms with Gasteiger partial charge in [0.25, 0.3) is 0 Å². The molecule has 0 atom stereocenters. The second kappa shape index (κ2) is 5.45. The first-order chi connectivity index (χ1) is 8.33. The van der Waals surface area contributed by atoms with E-state index in [2.05, 4.69) is 41.0 Å². The highest BCUT2D eigenvalue weighted by Crippen LogP contribution is 2.55. The summed E-state index contributed by atoms with van der Waals surface area (Å²) >= 11 is 11.6. The fourth-order valence-corrected chi connectivity index (χ4v) is 6.03. The predicted molar refractivity (Wildman–Crippen MR) is 88.2 cm³/mol. The summed E-state index contributed by atoms with van der Waals surface area (Å²) in [7, 11) is 0. The third kappa shape index (κ3) is 2.79. The molecule has 0 nitrogen and oxygen atoms in total. The standard InChI is InChI=1S/C12H8S5/c13-9-3-1-8(2-4-9)10-7-16-12(17-10)11-14-5-6-15-11/h1-7,13H. The lowest BCUT2D eigenvalue weighted by Crippen LogP contribution is -1.76. The Hall–Kier alpha value is 0.190. The van der Waals surface area contributed by atoms with Gasteiger partial charge in [0.2, 0.25) is 0 Å². The van der Waals surface area contributed by atoms with Crippen LogP contribution in [0.1, 0.15) is 5.56 Å². The summed E-state index contributed by atoms with van der Waals surface area (Å²) in [6, 6.07) is 8.33. The molecule has 0 aromatic heterocycles. The minimum atomic E-state index is 1.01. The molecule has 1 aromatic rings. The van der Waals surface area contributed by atoms with E-state index in [4.69, 9.17) is 0 Å². The molecular weight excluding hydrogens is 304 g/mol. The molecule has 3 rings (SSSR count). The van der Waals surface area contributed by atoms with Gasteiger partial charge in [0, 0.05) is 9.80 Å². The average Bonchev–Trinajstić information content (AvgIpc) is 3.00. The molecule has 0 bridgehead atoms. The van der Waals surface area contributed by atoms with Crippen LogP contribution in [0.25, 0.3) is 4.91 Å². The highest BCUT2D eigenvalue weighted by atomic mass is 32.2. The fourth-order valence-electron chi connectivity index (χ4n) is 1.40. The van der Waals surface area contributed by atoms with Crippen molar-refractivity contribution < 1.29 is 0 Å². The van der Waals surface area contributed by atoms with Crippen molar-refractivity contribution in [3.8, 4) is 0 Å². The molecule has 2 heterocycles. The van der Waals surface area contributed by atoms with E-state index in [9.17, 15) is 0 Å². The molecule has 0 spiro atoms. The first-order valence-corrected chi connectivity index (χ1v) is 8.80. The normalized spacial score (nSPS) is 19.0. The number of hydrogen-bond donors (Lipinski definition) is 1. The van der Waals surface area contributed by atoms with Gasteiger partial charge in [-0.15, -0.1) is 12.6 Å². The average molecular weight is 313 g/mol.